The third kappa shape index (κ3) is 5.47. The predicted molar refractivity (Wildman–Crippen MR) is 85.6 cm³/mol. The Morgan fingerprint density at radius 3 is 2.67 bits per heavy atom. The van der Waals surface area contributed by atoms with Crippen LogP contribution < -0.4 is 5.73 Å². The van der Waals surface area contributed by atoms with E-state index in [0.717, 1.165) is 16.2 Å². The largest absolute Gasteiger partial charge is 0.508 e. The van der Waals surface area contributed by atoms with Crippen molar-refractivity contribution in [1.29, 1.82) is 0 Å². The van der Waals surface area contributed by atoms with E-state index < -0.39 is 5.60 Å². The fourth-order valence-corrected chi connectivity index (χ4v) is 2.87. The molecule has 0 saturated carbocycles. The molecule has 118 valence electrons. The highest BCUT2D eigenvalue weighted by Crippen LogP contribution is 2.30. The van der Waals surface area contributed by atoms with E-state index in [9.17, 15) is 9.90 Å². The second-order valence-electron chi connectivity index (χ2n) is 5.54. The fourth-order valence-electron chi connectivity index (χ4n) is 1.86. The number of hydrogen-bond donors (Lipinski definition) is 2. The summed E-state index contributed by atoms with van der Waals surface area (Å²) in [7, 11) is 1.50. The number of fused-ring (bicyclic) bond motifs is 1. The number of phenols is 1. The van der Waals surface area contributed by atoms with E-state index in [2.05, 4.69) is 5.73 Å². The number of nitrogens with two attached hydrogens (primary N) is 1. The Hall–Kier alpha value is -1.40. The zero-order chi connectivity index (χ0) is 16.0. The van der Waals surface area contributed by atoms with E-state index in [-0.39, 0.29) is 11.8 Å². The minimum absolute atomic E-state index is 0.227. The molecule has 0 radical (unpaired) electrons. The lowest BCUT2D eigenvalue weighted by atomic mass is 10.2. The van der Waals surface area contributed by atoms with Gasteiger partial charge in [0.05, 0.1) is 6.54 Å². The quantitative estimate of drug-likeness (QED) is 0.770. The Balaban J connectivity index is 0.00000106. The van der Waals surface area contributed by atoms with Crippen molar-refractivity contribution in [2.75, 3.05) is 19.3 Å². The Morgan fingerprint density at radius 1 is 1.38 bits per heavy atom. The Kier molecular flexibility index (Phi) is 6.36. The molecule has 1 amide bonds. The predicted octanol–water partition coefficient (Wildman–Crippen LogP) is 2.81. The Bertz CT molecular complexity index is 486. The van der Waals surface area contributed by atoms with Gasteiger partial charge in [-0.15, -0.1) is 11.8 Å². The van der Waals surface area contributed by atoms with Gasteiger partial charge in [-0.2, -0.15) is 0 Å². The molecule has 1 aromatic rings. The second-order valence-corrected chi connectivity index (χ2v) is 6.68. The van der Waals surface area contributed by atoms with Gasteiger partial charge in [0, 0.05) is 17.2 Å². The molecular formula is C15H24N2O3S. The smallest absolute Gasteiger partial charge is 0.410 e. The average molecular weight is 312 g/mol. The first kappa shape index (κ1) is 17.7. The van der Waals surface area contributed by atoms with Gasteiger partial charge < -0.3 is 20.5 Å². The lowest BCUT2D eigenvalue weighted by Crippen LogP contribution is -2.37. The SMILES string of the molecule is CC(C)(C)OC(=O)N1CCSc2ccc(O)cc2C1.CN. The molecule has 6 heteroatoms. The van der Waals surface area contributed by atoms with Crippen LogP contribution in [-0.2, 0) is 11.3 Å². The third-order valence-corrected chi connectivity index (χ3v) is 3.77. The van der Waals surface area contributed by atoms with Crippen molar-refractivity contribution in [3.05, 3.63) is 23.8 Å². The summed E-state index contributed by atoms with van der Waals surface area (Å²) in [5.74, 6) is 1.06. The van der Waals surface area contributed by atoms with Crippen LogP contribution >= 0.6 is 11.8 Å². The molecule has 0 aromatic heterocycles. The minimum atomic E-state index is -0.488. The number of amides is 1. The molecule has 0 unspecified atom stereocenters. The number of thioether (sulfide) groups is 1. The molecule has 0 atom stereocenters. The lowest BCUT2D eigenvalue weighted by molar-refractivity contribution is 0.0246. The molecule has 1 heterocycles. The topological polar surface area (TPSA) is 75.8 Å². The first-order valence-corrected chi connectivity index (χ1v) is 7.84. The Morgan fingerprint density at radius 2 is 2.05 bits per heavy atom. The molecule has 21 heavy (non-hydrogen) atoms. The van der Waals surface area contributed by atoms with Crippen molar-refractivity contribution in [2.45, 2.75) is 37.8 Å². The van der Waals surface area contributed by atoms with Crippen molar-refractivity contribution in [1.82, 2.24) is 4.90 Å². The van der Waals surface area contributed by atoms with E-state index in [1.165, 1.54) is 7.05 Å². The number of carbonyl (C=O) groups is 1. The summed E-state index contributed by atoms with van der Waals surface area (Å²) < 4.78 is 5.39. The van der Waals surface area contributed by atoms with Crippen molar-refractivity contribution in [3.63, 3.8) is 0 Å². The second kappa shape index (κ2) is 7.56. The summed E-state index contributed by atoms with van der Waals surface area (Å²) in [6, 6.07) is 5.29. The van der Waals surface area contributed by atoms with Gasteiger partial charge in [-0.3, -0.25) is 0 Å². The van der Waals surface area contributed by atoms with Crippen molar-refractivity contribution < 1.29 is 14.6 Å². The summed E-state index contributed by atoms with van der Waals surface area (Å²) in [6.45, 7) is 6.70. The number of ether oxygens (including phenoxy) is 1. The van der Waals surface area contributed by atoms with Gasteiger partial charge >= 0.3 is 6.09 Å². The molecule has 0 saturated heterocycles. The maximum Gasteiger partial charge on any atom is 0.410 e. The number of aromatic hydroxyl groups is 1. The maximum absolute atomic E-state index is 12.1. The summed E-state index contributed by atoms with van der Waals surface area (Å²) in [5.41, 5.74) is 4.98. The van der Waals surface area contributed by atoms with Gasteiger partial charge in [0.1, 0.15) is 11.4 Å². The molecular weight excluding hydrogens is 288 g/mol. The molecule has 0 fully saturated rings. The zero-order valence-corrected chi connectivity index (χ0v) is 13.9. The minimum Gasteiger partial charge on any atom is -0.508 e. The number of phenolic OH excluding ortho intramolecular Hbond substituents is 1. The van der Waals surface area contributed by atoms with Crippen LogP contribution in [0.4, 0.5) is 4.79 Å². The maximum atomic E-state index is 12.1. The Labute approximate surface area is 130 Å². The average Bonchev–Trinajstić information content (AvgIpc) is 2.60. The van der Waals surface area contributed by atoms with E-state index >= 15 is 0 Å². The number of benzene rings is 1. The molecule has 0 bridgehead atoms. The summed E-state index contributed by atoms with van der Waals surface area (Å²) in [4.78, 5) is 14.9. The molecule has 1 aromatic carbocycles. The summed E-state index contributed by atoms with van der Waals surface area (Å²) in [5, 5.41) is 9.55. The van der Waals surface area contributed by atoms with Crippen LogP contribution in [0.5, 0.6) is 5.75 Å². The van der Waals surface area contributed by atoms with E-state index in [1.54, 1.807) is 28.8 Å². The molecule has 3 N–H and O–H groups in total. The first-order chi connectivity index (χ1) is 9.85. The highest BCUT2D eigenvalue weighted by molar-refractivity contribution is 7.99. The van der Waals surface area contributed by atoms with Crippen molar-refractivity contribution >= 4 is 17.9 Å². The number of nitrogens with zero attached hydrogens (tertiary/aromatic N) is 1. The van der Waals surface area contributed by atoms with Crippen LogP contribution in [0.3, 0.4) is 0 Å². The van der Waals surface area contributed by atoms with E-state index in [1.807, 2.05) is 26.8 Å². The molecule has 0 spiro atoms. The van der Waals surface area contributed by atoms with Crippen LogP contribution in [0.2, 0.25) is 0 Å². The van der Waals surface area contributed by atoms with Crippen LogP contribution in [0.15, 0.2) is 23.1 Å². The summed E-state index contributed by atoms with van der Waals surface area (Å²) in [6.07, 6.45) is -0.302. The normalized spacial score (nSPS) is 14.4. The van der Waals surface area contributed by atoms with Gasteiger partial charge in [0.15, 0.2) is 0 Å². The summed E-state index contributed by atoms with van der Waals surface area (Å²) >= 11 is 1.70. The van der Waals surface area contributed by atoms with Gasteiger partial charge in [-0.05, 0) is 51.6 Å². The van der Waals surface area contributed by atoms with Crippen LogP contribution in [-0.4, -0.2) is 41.0 Å². The first-order valence-electron chi connectivity index (χ1n) is 6.85. The van der Waals surface area contributed by atoms with Gasteiger partial charge in [0.2, 0.25) is 0 Å². The fraction of sp³-hybridized carbons (Fsp3) is 0.533. The standard InChI is InChI=1S/C14H19NO3S.CH5N/c1-14(2,3)18-13(17)15-6-7-19-12-5-4-11(16)8-10(12)9-15;1-2/h4-5,8,16H,6-7,9H2,1-3H3;2H2,1H3. The molecule has 2 rings (SSSR count). The third-order valence-electron chi connectivity index (χ3n) is 2.68. The monoisotopic (exact) mass is 312 g/mol. The molecule has 1 aliphatic rings. The number of carbonyl (C=O) groups excluding carboxylic acids is 1. The van der Waals surface area contributed by atoms with Crippen LogP contribution in [0.25, 0.3) is 0 Å². The molecule has 5 nitrogen and oxygen atoms in total. The zero-order valence-electron chi connectivity index (χ0n) is 13.0. The highest BCUT2D eigenvalue weighted by Gasteiger charge is 2.24. The van der Waals surface area contributed by atoms with Crippen LogP contribution in [0, 0.1) is 0 Å². The van der Waals surface area contributed by atoms with Crippen LogP contribution in [0.1, 0.15) is 26.3 Å². The number of hydrogen-bond acceptors (Lipinski definition) is 5. The van der Waals surface area contributed by atoms with Gasteiger partial charge in [-0.1, -0.05) is 0 Å². The highest BCUT2D eigenvalue weighted by atomic mass is 32.2. The van der Waals surface area contributed by atoms with E-state index in [4.69, 9.17) is 4.74 Å². The van der Waals surface area contributed by atoms with Gasteiger partial charge in [0.25, 0.3) is 0 Å². The van der Waals surface area contributed by atoms with Crippen molar-refractivity contribution in [2.24, 2.45) is 5.73 Å². The van der Waals surface area contributed by atoms with Crippen molar-refractivity contribution in [3.8, 4) is 5.75 Å². The lowest BCUT2D eigenvalue weighted by Gasteiger charge is -2.26. The van der Waals surface area contributed by atoms with Gasteiger partial charge in [-0.25, -0.2) is 4.79 Å². The number of rotatable bonds is 0. The molecule has 1 aliphatic heterocycles. The molecule has 0 aliphatic carbocycles. The van der Waals surface area contributed by atoms with E-state index in [0.29, 0.717) is 13.1 Å².